The van der Waals surface area contributed by atoms with E-state index in [1.54, 1.807) is 7.11 Å². The van der Waals surface area contributed by atoms with Gasteiger partial charge in [-0.1, -0.05) is 18.2 Å². The molecule has 0 aromatic heterocycles. The summed E-state index contributed by atoms with van der Waals surface area (Å²) in [6.07, 6.45) is 2.18. The van der Waals surface area contributed by atoms with Crippen molar-refractivity contribution in [3.05, 3.63) is 41.5 Å². The summed E-state index contributed by atoms with van der Waals surface area (Å²) in [6, 6.07) is 8.22. The van der Waals surface area contributed by atoms with Crippen LogP contribution in [0.25, 0.3) is 0 Å². The number of nitrogens with one attached hydrogen (secondary N) is 1. The van der Waals surface area contributed by atoms with Crippen LogP contribution in [0, 0.1) is 0 Å². The molecule has 1 heterocycles. The normalized spacial score (nSPS) is 25.1. The number of benzene rings is 1. The first-order chi connectivity index (χ1) is 7.70. The van der Waals surface area contributed by atoms with E-state index in [9.17, 15) is 0 Å². The van der Waals surface area contributed by atoms with Gasteiger partial charge in [0.05, 0.1) is 7.11 Å². The second-order valence-electron chi connectivity index (χ2n) is 4.09. The molecule has 0 aliphatic carbocycles. The molecule has 86 valence electrons. The molecule has 0 spiro atoms. The van der Waals surface area contributed by atoms with Gasteiger partial charge in [-0.15, -0.1) is 0 Å². The zero-order valence-corrected chi connectivity index (χ0v) is 9.86. The first-order valence-corrected chi connectivity index (χ1v) is 5.44. The molecular weight excluding hydrogens is 202 g/mol. The number of ether oxygens (including phenoxy) is 1. The molecule has 1 aliphatic heterocycles. The Kier molecular flexibility index (Phi) is 3.27. The lowest BCUT2D eigenvalue weighted by Crippen LogP contribution is -2.31. The van der Waals surface area contributed by atoms with Crippen LogP contribution in [0.3, 0.4) is 0 Å². The number of hydroxylamine groups is 1. The third kappa shape index (κ3) is 2.26. The fourth-order valence-corrected chi connectivity index (χ4v) is 1.89. The van der Waals surface area contributed by atoms with E-state index < -0.39 is 0 Å². The van der Waals surface area contributed by atoms with Gasteiger partial charge in [0.25, 0.3) is 0 Å². The average Bonchev–Trinajstić information content (AvgIpc) is 2.29. The number of hydrogen-bond acceptors (Lipinski definition) is 3. The molecule has 3 nitrogen and oxygen atoms in total. The van der Waals surface area contributed by atoms with Crippen molar-refractivity contribution in [3.63, 3.8) is 0 Å². The Morgan fingerprint density at radius 1 is 1.25 bits per heavy atom. The van der Waals surface area contributed by atoms with E-state index in [-0.39, 0.29) is 12.1 Å². The summed E-state index contributed by atoms with van der Waals surface area (Å²) in [6.45, 7) is 4.15. The van der Waals surface area contributed by atoms with Crippen LogP contribution in [0.4, 0.5) is 0 Å². The Morgan fingerprint density at radius 2 is 1.94 bits per heavy atom. The smallest absolute Gasteiger partial charge is 0.125 e. The lowest BCUT2D eigenvalue weighted by Gasteiger charge is -2.26. The van der Waals surface area contributed by atoms with Crippen molar-refractivity contribution in [1.82, 2.24) is 5.48 Å². The molecule has 1 aliphatic rings. The minimum absolute atomic E-state index is 0.00195. The van der Waals surface area contributed by atoms with Gasteiger partial charge in [-0.25, -0.2) is 0 Å². The molecule has 3 heteroatoms. The molecule has 0 fully saturated rings. The van der Waals surface area contributed by atoms with Crippen molar-refractivity contribution in [1.29, 1.82) is 0 Å². The molecule has 1 aromatic rings. The maximum atomic E-state index is 5.60. The zero-order chi connectivity index (χ0) is 11.5. The Labute approximate surface area is 96.0 Å². The lowest BCUT2D eigenvalue weighted by atomic mass is 10.00. The van der Waals surface area contributed by atoms with E-state index >= 15 is 0 Å². The highest BCUT2D eigenvalue weighted by Gasteiger charge is 2.20. The zero-order valence-electron chi connectivity index (χ0n) is 9.86. The molecule has 1 N–H and O–H groups in total. The van der Waals surface area contributed by atoms with Crippen LogP contribution in [0.5, 0.6) is 5.75 Å². The van der Waals surface area contributed by atoms with Crippen LogP contribution in [0.2, 0.25) is 0 Å². The first-order valence-electron chi connectivity index (χ1n) is 5.44. The Balaban J connectivity index is 2.21. The van der Waals surface area contributed by atoms with Gasteiger partial charge in [0.15, 0.2) is 0 Å². The Morgan fingerprint density at radius 3 is 2.50 bits per heavy atom. The summed E-state index contributed by atoms with van der Waals surface area (Å²) < 4.78 is 5.13. The summed E-state index contributed by atoms with van der Waals surface area (Å²) >= 11 is 0. The van der Waals surface area contributed by atoms with Crippen LogP contribution in [0.1, 0.15) is 25.5 Å². The predicted octanol–water partition coefficient (Wildman–Crippen LogP) is 2.61. The third-order valence-electron chi connectivity index (χ3n) is 2.72. The quantitative estimate of drug-likeness (QED) is 0.775. The number of methoxy groups -OCH3 is 1. The molecule has 1 aromatic carbocycles. The van der Waals surface area contributed by atoms with Crippen LogP contribution < -0.4 is 10.2 Å². The van der Waals surface area contributed by atoms with Crippen LogP contribution >= 0.6 is 0 Å². The first kappa shape index (κ1) is 11.2. The van der Waals surface area contributed by atoms with Crippen LogP contribution in [-0.2, 0) is 4.84 Å². The second-order valence-corrected chi connectivity index (χ2v) is 4.09. The van der Waals surface area contributed by atoms with Gasteiger partial charge < -0.3 is 4.74 Å². The molecule has 0 amide bonds. The highest BCUT2D eigenvalue weighted by atomic mass is 16.7. The molecule has 2 rings (SSSR count). The minimum atomic E-state index is 0.00195. The highest BCUT2D eigenvalue weighted by molar-refractivity contribution is 5.32. The van der Waals surface area contributed by atoms with E-state index in [0.717, 1.165) is 11.3 Å². The Bertz CT molecular complexity index is 383. The van der Waals surface area contributed by atoms with Crippen molar-refractivity contribution in [2.75, 3.05) is 7.11 Å². The third-order valence-corrected chi connectivity index (χ3v) is 2.72. The lowest BCUT2D eigenvalue weighted by molar-refractivity contribution is -0.0275. The van der Waals surface area contributed by atoms with Gasteiger partial charge >= 0.3 is 0 Å². The van der Waals surface area contributed by atoms with Crippen molar-refractivity contribution in [2.24, 2.45) is 0 Å². The predicted molar refractivity (Wildman–Crippen MR) is 63.2 cm³/mol. The fraction of sp³-hybridized carbons (Fsp3) is 0.385. The summed E-state index contributed by atoms with van der Waals surface area (Å²) in [4.78, 5) is 5.60. The monoisotopic (exact) mass is 219 g/mol. The van der Waals surface area contributed by atoms with E-state index in [1.165, 1.54) is 5.57 Å². The van der Waals surface area contributed by atoms with Gasteiger partial charge in [-0.3, -0.25) is 4.84 Å². The minimum Gasteiger partial charge on any atom is -0.497 e. The number of hydrogen-bond donors (Lipinski definition) is 1. The maximum Gasteiger partial charge on any atom is 0.125 e. The molecular formula is C13H17NO2. The topological polar surface area (TPSA) is 30.5 Å². The summed E-state index contributed by atoms with van der Waals surface area (Å²) in [7, 11) is 1.67. The van der Waals surface area contributed by atoms with Gasteiger partial charge in [0, 0.05) is 6.04 Å². The molecule has 0 saturated carbocycles. The average molecular weight is 219 g/mol. The van der Waals surface area contributed by atoms with Crippen LogP contribution in [-0.4, -0.2) is 13.2 Å². The van der Waals surface area contributed by atoms with Gasteiger partial charge in [-0.05, 0) is 37.1 Å². The summed E-state index contributed by atoms with van der Waals surface area (Å²) in [5.41, 5.74) is 5.35. The molecule has 0 radical (unpaired) electrons. The van der Waals surface area contributed by atoms with E-state index in [2.05, 4.69) is 25.4 Å². The van der Waals surface area contributed by atoms with E-state index in [1.807, 2.05) is 24.3 Å². The SMILES string of the molecule is COc1ccc([C@@H]2ON[C@H](C)C=C2C)cc1. The van der Waals surface area contributed by atoms with E-state index in [4.69, 9.17) is 9.57 Å². The van der Waals surface area contributed by atoms with Gasteiger partial charge in [-0.2, -0.15) is 5.48 Å². The standard InChI is InChI=1S/C13H17NO2/c1-9-8-10(2)14-16-13(9)11-4-6-12(15-3)7-5-11/h4-8,10,13-14H,1-3H3/t10-,13-/m1/s1. The molecule has 16 heavy (non-hydrogen) atoms. The second kappa shape index (κ2) is 4.68. The van der Waals surface area contributed by atoms with Crippen molar-refractivity contribution < 1.29 is 9.57 Å². The summed E-state index contributed by atoms with van der Waals surface area (Å²) in [5, 5.41) is 0. The van der Waals surface area contributed by atoms with Crippen molar-refractivity contribution in [3.8, 4) is 5.75 Å². The molecule has 0 unspecified atom stereocenters. The van der Waals surface area contributed by atoms with Crippen LogP contribution in [0.15, 0.2) is 35.9 Å². The fourth-order valence-electron chi connectivity index (χ4n) is 1.89. The van der Waals surface area contributed by atoms with E-state index in [0.29, 0.717) is 0 Å². The van der Waals surface area contributed by atoms with Gasteiger partial charge in [0.2, 0.25) is 0 Å². The molecule has 2 atom stereocenters. The van der Waals surface area contributed by atoms with Crippen molar-refractivity contribution in [2.45, 2.75) is 26.0 Å². The number of rotatable bonds is 2. The summed E-state index contributed by atoms with van der Waals surface area (Å²) in [5.74, 6) is 0.863. The molecule has 0 saturated heterocycles. The van der Waals surface area contributed by atoms with Crippen molar-refractivity contribution >= 4 is 0 Å². The maximum absolute atomic E-state index is 5.60. The highest BCUT2D eigenvalue weighted by Crippen LogP contribution is 2.28. The Hall–Kier alpha value is -1.32. The molecule has 0 bridgehead atoms. The van der Waals surface area contributed by atoms with Gasteiger partial charge in [0.1, 0.15) is 11.9 Å². The largest absolute Gasteiger partial charge is 0.497 e.